The molecule has 0 spiro atoms. The fourth-order valence-corrected chi connectivity index (χ4v) is 4.17. The minimum atomic E-state index is -0.980. The first-order valence-corrected chi connectivity index (χ1v) is 7.63. The number of aromatic carboxylic acids is 1. The second kappa shape index (κ2) is 5.32. The highest BCUT2D eigenvalue weighted by molar-refractivity contribution is 8.00. The van der Waals surface area contributed by atoms with Gasteiger partial charge in [-0.2, -0.15) is 0 Å². The van der Waals surface area contributed by atoms with E-state index in [0.717, 1.165) is 29.0 Å². The zero-order valence-corrected chi connectivity index (χ0v) is 11.9. The van der Waals surface area contributed by atoms with Crippen LogP contribution in [0.2, 0.25) is 0 Å². The second-order valence-electron chi connectivity index (χ2n) is 4.28. The van der Waals surface area contributed by atoms with Crippen LogP contribution in [0.5, 0.6) is 0 Å². The number of thioether (sulfide) groups is 1. The van der Waals surface area contributed by atoms with Gasteiger partial charge in [0.25, 0.3) is 0 Å². The Kier molecular flexibility index (Phi) is 3.97. The van der Waals surface area contributed by atoms with Crippen LogP contribution in [0.25, 0.3) is 0 Å². The average Bonchev–Trinajstić information content (AvgIpc) is 2.88. The monoisotopic (exact) mass is 285 g/mol. The van der Waals surface area contributed by atoms with Gasteiger partial charge >= 0.3 is 5.97 Å². The second-order valence-corrected chi connectivity index (χ2v) is 6.82. The summed E-state index contributed by atoms with van der Waals surface area (Å²) in [6.45, 7) is 3.64. The summed E-state index contributed by atoms with van der Waals surface area (Å²) < 4.78 is 0. The van der Waals surface area contributed by atoms with Crippen molar-refractivity contribution in [1.29, 1.82) is 0 Å². The molecule has 0 aromatic carbocycles. The fourth-order valence-electron chi connectivity index (χ4n) is 1.95. The average molecular weight is 285 g/mol. The fraction of sp³-hybridized carbons (Fsp3) is 0.500. The van der Waals surface area contributed by atoms with E-state index in [4.69, 9.17) is 0 Å². The van der Waals surface area contributed by atoms with Gasteiger partial charge in [-0.1, -0.05) is 0 Å². The number of amides is 1. The maximum atomic E-state index is 12.0. The molecule has 1 atom stereocenters. The Labute approximate surface area is 114 Å². The van der Waals surface area contributed by atoms with Crippen molar-refractivity contribution in [2.24, 2.45) is 0 Å². The van der Waals surface area contributed by atoms with Crippen LogP contribution >= 0.6 is 23.1 Å². The first-order valence-electron chi connectivity index (χ1n) is 5.76. The van der Waals surface area contributed by atoms with Crippen molar-refractivity contribution in [2.75, 3.05) is 11.1 Å². The minimum Gasteiger partial charge on any atom is -0.478 e. The Hall–Kier alpha value is -1.01. The molecule has 1 unspecified atom stereocenters. The van der Waals surface area contributed by atoms with E-state index >= 15 is 0 Å². The molecule has 1 amide bonds. The van der Waals surface area contributed by atoms with E-state index < -0.39 is 5.97 Å². The molecule has 2 heterocycles. The predicted octanol–water partition coefficient (Wildman–Crippen LogP) is 2.90. The Morgan fingerprint density at radius 2 is 2.11 bits per heavy atom. The summed E-state index contributed by atoms with van der Waals surface area (Å²) >= 11 is 2.97. The van der Waals surface area contributed by atoms with Gasteiger partial charge in [-0.15, -0.1) is 23.1 Å². The van der Waals surface area contributed by atoms with Crippen molar-refractivity contribution >= 4 is 40.0 Å². The van der Waals surface area contributed by atoms with Crippen LogP contribution in [-0.2, 0) is 4.79 Å². The number of hydrogen-bond donors (Lipinski definition) is 2. The quantitative estimate of drug-likeness (QED) is 0.896. The van der Waals surface area contributed by atoms with E-state index in [-0.39, 0.29) is 16.7 Å². The number of nitrogens with one attached hydrogen (secondary N) is 1. The highest BCUT2D eigenvalue weighted by Crippen LogP contribution is 2.34. The van der Waals surface area contributed by atoms with Crippen molar-refractivity contribution in [2.45, 2.75) is 31.9 Å². The van der Waals surface area contributed by atoms with Gasteiger partial charge in [-0.05, 0) is 38.0 Å². The predicted molar refractivity (Wildman–Crippen MR) is 74.9 cm³/mol. The van der Waals surface area contributed by atoms with Gasteiger partial charge < -0.3 is 10.4 Å². The molecule has 1 aromatic rings. The number of thiophene rings is 1. The highest BCUT2D eigenvalue weighted by atomic mass is 32.2. The topological polar surface area (TPSA) is 66.4 Å². The Morgan fingerprint density at radius 3 is 2.67 bits per heavy atom. The summed E-state index contributed by atoms with van der Waals surface area (Å²) in [5.41, 5.74) is 0.968. The molecule has 6 heteroatoms. The van der Waals surface area contributed by atoms with Crippen molar-refractivity contribution in [3.8, 4) is 0 Å². The van der Waals surface area contributed by atoms with E-state index in [1.54, 1.807) is 18.7 Å². The maximum Gasteiger partial charge on any atom is 0.338 e. The number of aryl methyl sites for hydroxylation is 1. The summed E-state index contributed by atoms with van der Waals surface area (Å²) in [5, 5.41) is 12.4. The summed E-state index contributed by atoms with van der Waals surface area (Å²) in [7, 11) is 0. The Balaban J connectivity index is 2.20. The molecule has 0 radical (unpaired) electrons. The molecular formula is C12H15NO3S2. The lowest BCUT2D eigenvalue weighted by Gasteiger charge is -2.09. The smallest absolute Gasteiger partial charge is 0.338 e. The summed E-state index contributed by atoms with van der Waals surface area (Å²) in [5.74, 6) is -0.0423. The number of hydrogen-bond acceptors (Lipinski definition) is 4. The molecule has 0 saturated carbocycles. The molecule has 0 bridgehead atoms. The van der Waals surface area contributed by atoms with Crippen LogP contribution in [0.15, 0.2) is 0 Å². The third kappa shape index (κ3) is 2.54. The van der Waals surface area contributed by atoms with Crippen molar-refractivity contribution < 1.29 is 14.7 Å². The van der Waals surface area contributed by atoms with Crippen LogP contribution < -0.4 is 5.32 Å². The lowest BCUT2D eigenvalue weighted by atomic mass is 10.1. The van der Waals surface area contributed by atoms with Crippen LogP contribution in [0.3, 0.4) is 0 Å². The van der Waals surface area contributed by atoms with Gasteiger partial charge in [0, 0.05) is 4.88 Å². The molecule has 2 N–H and O–H groups in total. The summed E-state index contributed by atoms with van der Waals surface area (Å²) in [4.78, 5) is 24.1. The van der Waals surface area contributed by atoms with E-state index in [2.05, 4.69) is 5.32 Å². The van der Waals surface area contributed by atoms with Gasteiger partial charge in [0.2, 0.25) is 5.91 Å². The number of carboxylic acids is 1. The lowest BCUT2D eigenvalue weighted by molar-refractivity contribution is -0.115. The Morgan fingerprint density at radius 1 is 1.39 bits per heavy atom. The first kappa shape index (κ1) is 13.4. The summed E-state index contributed by atoms with van der Waals surface area (Å²) in [6, 6.07) is 0. The van der Waals surface area contributed by atoms with Crippen LogP contribution in [0, 0.1) is 13.8 Å². The van der Waals surface area contributed by atoms with Gasteiger partial charge in [0.05, 0.1) is 10.8 Å². The van der Waals surface area contributed by atoms with E-state index in [9.17, 15) is 14.7 Å². The molecule has 1 aliphatic heterocycles. The molecule has 18 heavy (non-hydrogen) atoms. The maximum absolute atomic E-state index is 12.0. The lowest BCUT2D eigenvalue weighted by Crippen LogP contribution is -2.23. The zero-order chi connectivity index (χ0) is 13.3. The number of anilines is 1. The molecule has 1 saturated heterocycles. The van der Waals surface area contributed by atoms with Crippen molar-refractivity contribution in [1.82, 2.24) is 0 Å². The molecule has 1 aliphatic rings. The molecular weight excluding hydrogens is 270 g/mol. The number of carbonyl (C=O) groups excluding carboxylic acids is 1. The van der Waals surface area contributed by atoms with Gasteiger partial charge in [0.15, 0.2) is 0 Å². The van der Waals surface area contributed by atoms with Crippen LogP contribution in [-0.4, -0.2) is 28.0 Å². The van der Waals surface area contributed by atoms with E-state index in [1.807, 2.05) is 6.92 Å². The highest BCUT2D eigenvalue weighted by Gasteiger charge is 2.26. The zero-order valence-electron chi connectivity index (χ0n) is 10.3. The molecule has 0 aliphatic carbocycles. The van der Waals surface area contributed by atoms with Crippen LogP contribution in [0.4, 0.5) is 5.00 Å². The molecule has 1 fully saturated rings. The van der Waals surface area contributed by atoms with E-state index in [0.29, 0.717) is 5.00 Å². The number of carbonyl (C=O) groups is 2. The SMILES string of the molecule is Cc1sc(NC(=O)C2CCCS2)c(C(=O)O)c1C. The normalized spacial score (nSPS) is 18.9. The van der Waals surface area contributed by atoms with Gasteiger partial charge in [-0.25, -0.2) is 4.79 Å². The number of rotatable bonds is 3. The van der Waals surface area contributed by atoms with Gasteiger partial charge in [0.1, 0.15) is 5.00 Å². The number of carboxylic acid groups (broad SMARTS) is 1. The molecule has 4 nitrogen and oxygen atoms in total. The molecule has 2 rings (SSSR count). The largest absolute Gasteiger partial charge is 0.478 e. The van der Waals surface area contributed by atoms with Crippen molar-refractivity contribution in [3.63, 3.8) is 0 Å². The van der Waals surface area contributed by atoms with Crippen LogP contribution in [0.1, 0.15) is 33.6 Å². The Bertz CT molecular complexity index is 490. The molecule has 1 aromatic heterocycles. The minimum absolute atomic E-state index is 0.0330. The standard InChI is InChI=1S/C12H15NO3S2/c1-6-7(2)18-11(9(6)12(15)16)13-10(14)8-4-3-5-17-8/h8H,3-5H2,1-2H3,(H,13,14)(H,15,16). The third-order valence-electron chi connectivity index (χ3n) is 3.06. The van der Waals surface area contributed by atoms with Crippen molar-refractivity contribution in [3.05, 3.63) is 16.0 Å². The third-order valence-corrected chi connectivity index (χ3v) is 5.56. The van der Waals surface area contributed by atoms with Gasteiger partial charge in [-0.3, -0.25) is 4.79 Å². The first-order chi connectivity index (χ1) is 8.50. The molecule has 98 valence electrons. The van der Waals surface area contributed by atoms with E-state index in [1.165, 1.54) is 11.3 Å². The summed E-state index contributed by atoms with van der Waals surface area (Å²) in [6.07, 6.45) is 1.93.